The van der Waals surface area contributed by atoms with Gasteiger partial charge >= 0.3 is 5.97 Å². The molecule has 1 heterocycles. The van der Waals surface area contributed by atoms with Gasteiger partial charge in [0.2, 0.25) is 0 Å². The van der Waals surface area contributed by atoms with E-state index in [2.05, 4.69) is 49.7 Å². The van der Waals surface area contributed by atoms with Crippen molar-refractivity contribution in [2.75, 3.05) is 7.11 Å². The van der Waals surface area contributed by atoms with Gasteiger partial charge in [-0.05, 0) is 79.8 Å². The van der Waals surface area contributed by atoms with Gasteiger partial charge in [0, 0.05) is 28.7 Å². The molecule has 1 unspecified atom stereocenters. The number of pyridine rings is 1. The molecule has 0 amide bonds. The highest BCUT2D eigenvalue weighted by Gasteiger charge is 2.23. The molecular formula is C29H33NO3. The van der Waals surface area contributed by atoms with Crippen molar-refractivity contribution in [3.8, 4) is 16.8 Å². The Morgan fingerprint density at radius 2 is 1.94 bits per heavy atom. The van der Waals surface area contributed by atoms with Crippen LogP contribution >= 0.6 is 0 Å². The number of benzene rings is 2. The summed E-state index contributed by atoms with van der Waals surface area (Å²) in [6, 6.07) is 13.9. The van der Waals surface area contributed by atoms with Gasteiger partial charge in [0.05, 0.1) is 12.7 Å². The van der Waals surface area contributed by atoms with Crippen LogP contribution in [0.25, 0.3) is 16.8 Å². The van der Waals surface area contributed by atoms with Crippen LogP contribution in [0.2, 0.25) is 0 Å². The predicted octanol–water partition coefficient (Wildman–Crippen LogP) is 6.07. The molecular weight excluding hydrogens is 410 g/mol. The number of esters is 1. The Balaban J connectivity index is 1.83. The number of carbonyl (C=O) groups excluding carboxylic acids is 1. The van der Waals surface area contributed by atoms with Crippen LogP contribution in [0.1, 0.15) is 65.9 Å². The number of unbranched alkanes of at least 4 members (excludes halogenated alkanes) is 1. The first kappa shape index (κ1) is 23.0. The summed E-state index contributed by atoms with van der Waals surface area (Å²) in [5, 5.41) is 0. The van der Waals surface area contributed by atoms with Gasteiger partial charge in [-0.2, -0.15) is 0 Å². The molecule has 0 radical (unpaired) electrons. The molecule has 0 saturated heterocycles. The molecule has 1 atom stereocenters. The molecule has 0 spiro atoms. The van der Waals surface area contributed by atoms with E-state index < -0.39 is 0 Å². The maximum Gasteiger partial charge on any atom is 0.338 e. The third kappa shape index (κ3) is 4.52. The average Bonchev–Trinajstić information content (AvgIpc) is 2.83. The number of ether oxygens (including phenoxy) is 1. The molecule has 0 aliphatic heterocycles. The molecule has 172 valence electrons. The zero-order chi connectivity index (χ0) is 23.5. The lowest BCUT2D eigenvalue weighted by Gasteiger charge is -2.26. The second-order valence-electron chi connectivity index (χ2n) is 9.27. The summed E-state index contributed by atoms with van der Waals surface area (Å²) in [4.78, 5) is 25.5. The van der Waals surface area contributed by atoms with Crippen molar-refractivity contribution in [2.24, 2.45) is 5.92 Å². The molecule has 33 heavy (non-hydrogen) atoms. The summed E-state index contributed by atoms with van der Waals surface area (Å²) >= 11 is 0. The molecule has 0 N–H and O–H groups in total. The fourth-order valence-electron chi connectivity index (χ4n) is 4.96. The van der Waals surface area contributed by atoms with Gasteiger partial charge in [0.1, 0.15) is 0 Å². The number of rotatable bonds is 6. The van der Waals surface area contributed by atoms with Crippen LogP contribution in [0.5, 0.6) is 0 Å². The minimum atomic E-state index is -0.335. The maximum atomic E-state index is 13.2. The maximum absolute atomic E-state index is 13.2. The molecule has 1 aromatic heterocycles. The molecule has 0 bridgehead atoms. The van der Waals surface area contributed by atoms with Crippen molar-refractivity contribution in [1.29, 1.82) is 0 Å². The van der Waals surface area contributed by atoms with E-state index in [1.807, 2.05) is 18.2 Å². The summed E-state index contributed by atoms with van der Waals surface area (Å²) < 4.78 is 7.23. The van der Waals surface area contributed by atoms with Crippen molar-refractivity contribution < 1.29 is 9.53 Å². The lowest BCUT2D eigenvalue weighted by molar-refractivity contribution is 0.0601. The number of aryl methyl sites for hydroxylation is 2. The number of aromatic nitrogens is 1. The molecule has 0 saturated carbocycles. The summed E-state index contributed by atoms with van der Waals surface area (Å²) in [6.07, 6.45) is 7.87. The number of hydrogen-bond acceptors (Lipinski definition) is 3. The number of fused-ring (bicyclic) bond motifs is 1. The van der Waals surface area contributed by atoms with Gasteiger partial charge in [-0.15, -0.1) is 0 Å². The summed E-state index contributed by atoms with van der Waals surface area (Å²) in [5.74, 6) is 0.206. The van der Waals surface area contributed by atoms with Gasteiger partial charge in [-0.3, -0.25) is 4.79 Å². The van der Waals surface area contributed by atoms with Crippen LogP contribution in [0, 0.1) is 12.8 Å². The molecule has 0 fully saturated rings. The second-order valence-corrected chi connectivity index (χ2v) is 9.27. The van der Waals surface area contributed by atoms with E-state index in [1.54, 1.807) is 6.07 Å². The van der Waals surface area contributed by atoms with Crippen LogP contribution in [-0.4, -0.2) is 17.6 Å². The predicted molar refractivity (Wildman–Crippen MR) is 133 cm³/mol. The first-order valence-corrected chi connectivity index (χ1v) is 12.0. The van der Waals surface area contributed by atoms with E-state index >= 15 is 0 Å². The van der Waals surface area contributed by atoms with Gasteiger partial charge in [-0.25, -0.2) is 4.79 Å². The van der Waals surface area contributed by atoms with Crippen molar-refractivity contribution in [3.63, 3.8) is 0 Å². The number of nitrogens with zero attached hydrogens (tertiary/aromatic N) is 1. The Hall–Kier alpha value is -3.14. The Bertz CT molecular complexity index is 1240. The summed E-state index contributed by atoms with van der Waals surface area (Å²) in [7, 11) is 1.41. The van der Waals surface area contributed by atoms with Crippen LogP contribution in [0.15, 0.2) is 53.5 Å². The van der Waals surface area contributed by atoms with Crippen LogP contribution < -0.4 is 5.43 Å². The Labute approximate surface area is 196 Å². The smallest absolute Gasteiger partial charge is 0.338 e. The molecule has 4 heteroatoms. The van der Waals surface area contributed by atoms with Gasteiger partial charge < -0.3 is 9.30 Å². The third-order valence-corrected chi connectivity index (χ3v) is 6.83. The van der Waals surface area contributed by atoms with Gasteiger partial charge in [0.15, 0.2) is 5.43 Å². The largest absolute Gasteiger partial charge is 0.465 e. The van der Waals surface area contributed by atoms with E-state index in [-0.39, 0.29) is 11.4 Å². The quantitative estimate of drug-likeness (QED) is 0.435. The summed E-state index contributed by atoms with van der Waals surface area (Å²) in [5.41, 5.74) is 7.91. The minimum absolute atomic E-state index is 0.251. The monoisotopic (exact) mass is 443 g/mol. The minimum Gasteiger partial charge on any atom is -0.465 e. The van der Waals surface area contributed by atoms with E-state index in [0.717, 1.165) is 77.7 Å². The lowest BCUT2D eigenvalue weighted by Crippen LogP contribution is -2.27. The van der Waals surface area contributed by atoms with Gasteiger partial charge in [0.25, 0.3) is 0 Å². The first-order chi connectivity index (χ1) is 15.9. The molecule has 1 aliphatic rings. The summed E-state index contributed by atoms with van der Waals surface area (Å²) in [6.45, 7) is 6.47. The zero-order valence-electron chi connectivity index (χ0n) is 20.1. The van der Waals surface area contributed by atoms with Crippen molar-refractivity contribution in [2.45, 2.75) is 59.3 Å². The van der Waals surface area contributed by atoms with Crippen molar-refractivity contribution in [3.05, 3.63) is 86.8 Å². The Kier molecular flexibility index (Phi) is 6.83. The molecule has 3 aromatic rings. The molecule has 4 rings (SSSR count). The molecule has 4 nitrogen and oxygen atoms in total. The van der Waals surface area contributed by atoms with Crippen molar-refractivity contribution in [1.82, 2.24) is 4.57 Å². The number of carbonyl (C=O) groups is 1. The Morgan fingerprint density at radius 3 is 2.67 bits per heavy atom. The fraction of sp³-hybridized carbons (Fsp3) is 0.379. The highest BCUT2D eigenvalue weighted by atomic mass is 16.5. The highest BCUT2D eigenvalue weighted by Crippen LogP contribution is 2.31. The van der Waals surface area contributed by atoms with Gasteiger partial charge in [-0.1, -0.05) is 44.5 Å². The fourth-order valence-corrected chi connectivity index (χ4v) is 4.96. The van der Waals surface area contributed by atoms with E-state index in [1.165, 1.54) is 7.11 Å². The average molecular weight is 444 g/mol. The van der Waals surface area contributed by atoms with E-state index in [9.17, 15) is 9.59 Å². The molecule has 1 aliphatic carbocycles. The third-order valence-electron chi connectivity index (χ3n) is 6.83. The van der Waals surface area contributed by atoms with Crippen molar-refractivity contribution >= 4 is 5.97 Å². The topological polar surface area (TPSA) is 48.3 Å². The normalized spacial score (nSPS) is 15.2. The van der Waals surface area contributed by atoms with Crippen LogP contribution in [0.3, 0.4) is 0 Å². The number of hydrogen-bond donors (Lipinski definition) is 0. The van der Waals surface area contributed by atoms with E-state index in [0.29, 0.717) is 11.5 Å². The zero-order valence-corrected chi connectivity index (χ0v) is 20.1. The van der Waals surface area contributed by atoms with Crippen LogP contribution in [0.4, 0.5) is 0 Å². The molecule has 2 aromatic carbocycles. The second kappa shape index (κ2) is 9.78. The highest BCUT2D eigenvalue weighted by molar-refractivity contribution is 5.97. The Morgan fingerprint density at radius 1 is 1.15 bits per heavy atom. The lowest BCUT2D eigenvalue weighted by atomic mass is 9.86. The first-order valence-electron chi connectivity index (χ1n) is 12.0. The van der Waals surface area contributed by atoms with Crippen LogP contribution in [-0.2, 0) is 24.0 Å². The standard InChI is InChI=1S/C29H33NO3/c1-5-6-9-21-18-30(27-15-12-19(2)16-26(27)28(21)31)22-13-14-23(20(3)17-22)24-10-7-8-11-25(24)29(32)33-4/h7-8,10-11,13-14,17-19H,5-6,9,12,15-16H2,1-4H3. The SMILES string of the molecule is CCCCc1cn(-c2ccc(-c3ccccc3C(=O)OC)c(C)c2)c2c(c1=O)CC(C)CC2. The van der Waals surface area contributed by atoms with E-state index in [4.69, 9.17) is 4.74 Å². The number of methoxy groups -OCH3 is 1.